The number of nitrogens with one attached hydrogen (secondary N) is 1. The molecule has 1 unspecified atom stereocenters. The number of ether oxygens (including phenoxy) is 1. The number of hydrogen-bond donors (Lipinski definition) is 1. The monoisotopic (exact) mass is 309 g/mol. The van der Waals surface area contributed by atoms with E-state index in [9.17, 15) is 0 Å². The number of aromatic nitrogens is 2. The highest BCUT2D eigenvalue weighted by Gasteiger charge is 2.40. The first-order chi connectivity index (χ1) is 10.2. The number of aryl methyl sites for hydroxylation is 1. The molecule has 4 nitrogen and oxygen atoms in total. The van der Waals surface area contributed by atoms with Crippen molar-refractivity contribution < 1.29 is 4.74 Å². The third-order valence-electron chi connectivity index (χ3n) is 5.05. The first-order valence-electron chi connectivity index (χ1n) is 8.06. The lowest BCUT2D eigenvalue weighted by Gasteiger charge is -2.43. The fourth-order valence-corrected chi connectivity index (χ4v) is 5.02. The standard InChI is InChI=1S/C16H27N3OS/c1-12-15(11-17-3)13(2)19(18-12)14-4-7-20-16(10-14)5-8-21-9-6-16/h14,17H,4-11H2,1-3H3. The SMILES string of the molecule is CNCc1c(C)nn(C2CCOC3(CCSCC3)C2)c1C. The molecule has 0 aromatic carbocycles. The maximum atomic E-state index is 6.22. The zero-order valence-electron chi connectivity index (χ0n) is 13.4. The molecule has 1 atom stereocenters. The van der Waals surface area contributed by atoms with E-state index in [0.29, 0.717) is 6.04 Å². The van der Waals surface area contributed by atoms with Crippen molar-refractivity contribution in [2.75, 3.05) is 25.2 Å². The van der Waals surface area contributed by atoms with Crippen LogP contribution in [0.25, 0.3) is 0 Å². The highest BCUT2D eigenvalue weighted by atomic mass is 32.2. The van der Waals surface area contributed by atoms with Crippen molar-refractivity contribution in [1.29, 1.82) is 0 Å². The van der Waals surface area contributed by atoms with Gasteiger partial charge in [-0.1, -0.05) is 0 Å². The van der Waals surface area contributed by atoms with Crippen molar-refractivity contribution in [1.82, 2.24) is 15.1 Å². The van der Waals surface area contributed by atoms with E-state index >= 15 is 0 Å². The first kappa shape index (κ1) is 15.4. The Bertz CT molecular complexity index is 488. The lowest BCUT2D eigenvalue weighted by molar-refractivity contribution is -0.100. The molecule has 5 heteroatoms. The molecule has 1 N–H and O–H groups in total. The second-order valence-electron chi connectivity index (χ2n) is 6.41. The average Bonchev–Trinajstić information content (AvgIpc) is 2.77. The second-order valence-corrected chi connectivity index (χ2v) is 7.64. The van der Waals surface area contributed by atoms with E-state index in [0.717, 1.165) is 26.0 Å². The summed E-state index contributed by atoms with van der Waals surface area (Å²) in [5.41, 5.74) is 3.98. The van der Waals surface area contributed by atoms with Crippen LogP contribution in [0.4, 0.5) is 0 Å². The van der Waals surface area contributed by atoms with Gasteiger partial charge in [0, 0.05) is 24.4 Å². The molecule has 1 aromatic rings. The third-order valence-corrected chi connectivity index (χ3v) is 6.03. The normalized spacial score (nSPS) is 25.4. The summed E-state index contributed by atoms with van der Waals surface area (Å²) >= 11 is 2.07. The Balaban J connectivity index is 1.81. The minimum Gasteiger partial charge on any atom is -0.375 e. The highest BCUT2D eigenvalue weighted by molar-refractivity contribution is 7.99. The number of rotatable bonds is 3. The molecule has 2 aliphatic rings. The fraction of sp³-hybridized carbons (Fsp3) is 0.812. The molecule has 0 radical (unpaired) electrons. The van der Waals surface area contributed by atoms with Crippen molar-refractivity contribution >= 4 is 11.8 Å². The smallest absolute Gasteiger partial charge is 0.0718 e. The summed E-state index contributed by atoms with van der Waals surface area (Å²) in [7, 11) is 2.00. The van der Waals surface area contributed by atoms with Gasteiger partial charge in [-0.15, -0.1) is 0 Å². The van der Waals surface area contributed by atoms with Crippen LogP contribution < -0.4 is 5.32 Å². The molecular formula is C16H27N3OS. The van der Waals surface area contributed by atoms with Crippen molar-refractivity contribution in [3.05, 3.63) is 17.0 Å². The van der Waals surface area contributed by atoms with Crippen LogP contribution in [0.1, 0.15) is 48.7 Å². The molecule has 21 heavy (non-hydrogen) atoms. The molecular weight excluding hydrogens is 282 g/mol. The molecule has 3 heterocycles. The zero-order chi connectivity index (χ0) is 14.9. The number of nitrogens with zero attached hydrogens (tertiary/aromatic N) is 2. The van der Waals surface area contributed by atoms with E-state index in [1.807, 2.05) is 7.05 Å². The minimum absolute atomic E-state index is 0.129. The van der Waals surface area contributed by atoms with Gasteiger partial charge < -0.3 is 10.1 Å². The Hall–Kier alpha value is -0.520. The van der Waals surface area contributed by atoms with Crippen LogP contribution >= 0.6 is 11.8 Å². The van der Waals surface area contributed by atoms with Crippen LogP contribution in [-0.4, -0.2) is 40.5 Å². The summed E-state index contributed by atoms with van der Waals surface area (Å²) in [5, 5.41) is 8.10. The van der Waals surface area contributed by atoms with Crippen LogP contribution in [0, 0.1) is 13.8 Å². The Morgan fingerprint density at radius 2 is 2.14 bits per heavy atom. The molecule has 3 rings (SSSR count). The number of thioether (sulfide) groups is 1. The predicted octanol–water partition coefficient (Wildman–Crippen LogP) is 2.84. The van der Waals surface area contributed by atoms with Gasteiger partial charge in [0.25, 0.3) is 0 Å². The predicted molar refractivity (Wildman–Crippen MR) is 88.0 cm³/mol. The molecule has 1 spiro atoms. The van der Waals surface area contributed by atoms with Crippen LogP contribution in [0.2, 0.25) is 0 Å². The largest absolute Gasteiger partial charge is 0.375 e. The van der Waals surface area contributed by atoms with Crippen molar-refractivity contribution in [2.45, 2.75) is 57.7 Å². The molecule has 2 aliphatic heterocycles. The molecule has 2 fully saturated rings. The van der Waals surface area contributed by atoms with Gasteiger partial charge in [0.05, 0.1) is 17.3 Å². The highest BCUT2D eigenvalue weighted by Crippen LogP contribution is 2.41. The zero-order valence-corrected chi connectivity index (χ0v) is 14.3. The summed E-state index contributed by atoms with van der Waals surface area (Å²) in [6, 6.07) is 0.506. The van der Waals surface area contributed by atoms with Gasteiger partial charge in [-0.3, -0.25) is 4.68 Å². The van der Waals surface area contributed by atoms with Gasteiger partial charge in [0.1, 0.15) is 0 Å². The van der Waals surface area contributed by atoms with E-state index in [4.69, 9.17) is 9.84 Å². The van der Waals surface area contributed by atoms with Crippen LogP contribution in [0.15, 0.2) is 0 Å². The third kappa shape index (κ3) is 3.01. The lowest BCUT2D eigenvalue weighted by atomic mass is 9.85. The lowest BCUT2D eigenvalue weighted by Crippen LogP contribution is -2.43. The first-order valence-corrected chi connectivity index (χ1v) is 9.21. The molecule has 0 bridgehead atoms. The van der Waals surface area contributed by atoms with E-state index in [1.54, 1.807) is 0 Å². The Morgan fingerprint density at radius 1 is 1.38 bits per heavy atom. The topological polar surface area (TPSA) is 39.1 Å². The van der Waals surface area contributed by atoms with Crippen molar-refractivity contribution in [3.63, 3.8) is 0 Å². The summed E-state index contributed by atoms with van der Waals surface area (Å²) in [5.74, 6) is 2.49. The Labute approximate surface area is 132 Å². The van der Waals surface area contributed by atoms with E-state index in [1.165, 1.54) is 41.3 Å². The second kappa shape index (κ2) is 6.31. The molecule has 118 valence electrons. The maximum Gasteiger partial charge on any atom is 0.0718 e. The van der Waals surface area contributed by atoms with Gasteiger partial charge in [-0.25, -0.2) is 0 Å². The summed E-state index contributed by atoms with van der Waals surface area (Å²) in [6.45, 7) is 6.13. The Morgan fingerprint density at radius 3 is 2.86 bits per heavy atom. The molecule has 0 saturated carbocycles. The summed E-state index contributed by atoms with van der Waals surface area (Å²) in [4.78, 5) is 0. The Kier molecular flexibility index (Phi) is 4.62. The van der Waals surface area contributed by atoms with Crippen molar-refractivity contribution in [3.8, 4) is 0 Å². The maximum absolute atomic E-state index is 6.22. The van der Waals surface area contributed by atoms with Gasteiger partial charge >= 0.3 is 0 Å². The molecule has 1 aromatic heterocycles. The van der Waals surface area contributed by atoms with Crippen LogP contribution in [0.5, 0.6) is 0 Å². The van der Waals surface area contributed by atoms with Gasteiger partial charge in [0.15, 0.2) is 0 Å². The van der Waals surface area contributed by atoms with E-state index in [2.05, 4.69) is 35.6 Å². The summed E-state index contributed by atoms with van der Waals surface area (Å²) in [6.07, 6.45) is 4.64. The van der Waals surface area contributed by atoms with E-state index < -0.39 is 0 Å². The summed E-state index contributed by atoms with van der Waals surface area (Å²) < 4.78 is 8.50. The minimum atomic E-state index is 0.129. The van der Waals surface area contributed by atoms with Crippen LogP contribution in [0.3, 0.4) is 0 Å². The quantitative estimate of drug-likeness (QED) is 0.932. The number of hydrogen-bond acceptors (Lipinski definition) is 4. The van der Waals surface area contributed by atoms with Crippen molar-refractivity contribution in [2.24, 2.45) is 0 Å². The fourth-order valence-electron chi connectivity index (χ4n) is 3.79. The van der Waals surface area contributed by atoms with Gasteiger partial charge in [0.2, 0.25) is 0 Å². The molecule has 0 amide bonds. The van der Waals surface area contributed by atoms with Gasteiger partial charge in [-0.2, -0.15) is 16.9 Å². The van der Waals surface area contributed by atoms with Gasteiger partial charge in [-0.05, 0) is 58.1 Å². The van der Waals surface area contributed by atoms with Crippen LogP contribution in [-0.2, 0) is 11.3 Å². The molecule has 2 saturated heterocycles. The molecule has 0 aliphatic carbocycles. The van der Waals surface area contributed by atoms with E-state index in [-0.39, 0.29) is 5.60 Å². The average molecular weight is 309 g/mol.